The van der Waals surface area contributed by atoms with E-state index in [0.717, 1.165) is 12.8 Å². The fourth-order valence-electron chi connectivity index (χ4n) is 1.61. The van der Waals surface area contributed by atoms with E-state index in [2.05, 4.69) is 0 Å². The number of sulfonamides is 1. The topological polar surface area (TPSA) is 54.5 Å². The summed E-state index contributed by atoms with van der Waals surface area (Å²) in [5, 5.41) is -0.486. The highest BCUT2D eigenvalue weighted by Gasteiger charge is 2.23. The zero-order chi connectivity index (χ0) is 11.5. The monoisotopic (exact) mass is 251 g/mol. The summed E-state index contributed by atoms with van der Waals surface area (Å²) in [6.45, 7) is 1.04. The fourth-order valence-corrected chi connectivity index (χ4v) is 2.56. The van der Waals surface area contributed by atoms with Gasteiger partial charge < -0.3 is 0 Å². The van der Waals surface area contributed by atoms with Crippen molar-refractivity contribution in [3.63, 3.8) is 0 Å². The molecule has 15 heavy (non-hydrogen) atoms. The van der Waals surface area contributed by atoms with E-state index in [1.165, 1.54) is 16.6 Å². The van der Waals surface area contributed by atoms with Gasteiger partial charge in [0.1, 0.15) is 0 Å². The lowest BCUT2D eigenvalue weighted by atomic mass is 9.98. The predicted octanol–water partition coefficient (Wildman–Crippen LogP) is 0.980. The third kappa shape index (κ3) is 4.32. The van der Waals surface area contributed by atoms with Gasteiger partial charge in [-0.1, -0.05) is 6.08 Å². The Kier molecular flexibility index (Phi) is 4.31. The van der Waals surface area contributed by atoms with Crippen LogP contribution in [-0.2, 0) is 14.8 Å². The number of hydrogen-bond acceptors (Lipinski definition) is 3. The molecule has 0 saturated carbocycles. The average molecular weight is 252 g/mol. The molecule has 0 aromatic heterocycles. The number of carbonyl (C=O) groups excluding carboxylic acids is 1. The first-order chi connectivity index (χ1) is 6.89. The molecular formula is C9H14ClNO3S. The van der Waals surface area contributed by atoms with Gasteiger partial charge in [-0.2, -0.15) is 0 Å². The SMILES string of the molecule is CS(=O)(=O)N1CCC(C=CC(=O)Cl)CC1. The number of rotatable bonds is 3. The van der Waals surface area contributed by atoms with Crippen molar-refractivity contribution in [2.75, 3.05) is 19.3 Å². The van der Waals surface area contributed by atoms with Crippen LogP contribution in [0.15, 0.2) is 12.2 Å². The molecule has 0 unspecified atom stereocenters. The second kappa shape index (κ2) is 5.09. The molecule has 1 rings (SSSR count). The maximum Gasteiger partial charge on any atom is 0.244 e. The molecule has 1 aliphatic heterocycles. The highest BCUT2D eigenvalue weighted by molar-refractivity contribution is 7.88. The van der Waals surface area contributed by atoms with Gasteiger partial charge in [0, 0.05) is 13.1 Å². The molecule has 0 aliphatic carbocycles. The maximum absolute atomic E-state index is 11.2. The first-order valence-corrected chi connectivity index (χ1v) is 6.95. The van der Waals surface area contributed by atoms with Crippen LogP contribution >= 0.6 is 11.6 Å². The number of allylic oxidation sites excluding steroid dienone is 2. The van der Waals surface area contributed by atoms with E-state index in [0.29, 0.717) is 13.1 Å². The van der Waals surface area contributed by atoms with Gasteiger partial charge >= 0.3 is 0 Å². The van der Waals surface area contributed by atoms with E-state index in [1.54, 1.807) is 6.08 Å². The lowest BCUT2D eigenvalue weighted by molar-refractivity contribution is -0.107. The summed E-state index contributed by atoms with van der Waals surface area (Å²) < 4.78 is 23.8. The van der Waals surface area contributed by atoms with Crippen LogP contribution in [0, 0.1) is 5.92 Å². The zero-order valence-corrected chi connectivity index (χ0v) is 10.1. The summed E-state index contributed by atoms with van der Waals surface area (Å²) in [6.07, 6.45) is 5.80. The molecule has 6 heteroatoms. The Morgan fingerprint density at radius 1 is 1.40 bits per heavy atom. The molecule has 0 spiro atoms. The number of nitrogens with zero attached hydrogens (tertiary/aromatic N) is 1. The van der Waals surface area contributed by atoms with E-state index in [-0.39, 0.29) is 5.92 Å². The predicted molar refractivity (Wildman–Crippen MR) is 59.1 cm³/mol. The molecule has 0 atom stereocenters. The second-order valence-electron chi connectivity index (χ2n) is 3.66. The summed E-state index contributed by atoms with van der Waals surface area (Å²) in [4.78, 5) is 10.5. The molecule has 1 heterocycles. The highest BCUT2D eigenvalue weighted by atomic mass is 35.5. The second-order valence-corrected chi connectivity index (χ2v) is 6.02. The number of piperidine rings is 1. The van der Waals surface area contributed by atoms with Crippen LogP contribution < -0.4 is 0 Å². The first kappa shape index (κ1) is 12.7. The number of carbonyl (C=O) groups is 1. The van der Waals surface area contributed by atoms with Crippen molar-refractivity contribution in [2.45, 2.75) is 12.8 Å². The van der Waals surface area contributed by atoms with Gasteiger partial charge in [-0.05, 0) is 36.4 Å². The summed E-state index contributed by atoms with van der Waals surface area (Å²) in [6, 6.07) is 0. The van der Waals surface area contributed by atoms with Gasteiger partial charge in [0.05, 0.1) is 6.26 Å². The van der Waals surface area contributed by atoms with Crippen LogP contribution in [0.25, 0.3) is 0 Å². The van der Waals surface area contributed by atoms with Crippen molar-refractivity contribution in [3.05, 3.63) is 12.2 Å². The Morgan fingerprint density at radius 2 is 1.93 bits per heavy atom. The van der Waals surface area contributed by atoms with Crippen molar-refractivity contribution in [1.29, 1.82) is 0 Å². The van der Waals surface area contributed by atoms with Gasteiger partial charge in [-0.15, -0.1) is 0 Å². The van der Waals surface area contributed by atoms with Crippen LogP contribution in [0.2, 0.25) is 0 Å². The molecular weight excluding hydrogens is 238 g/mol. The molecule has 86 valence electrons. The lowest BCUT2D eigenvalue weighted by Crippen LogP contribution is -2.37. The Labute approximate surface area is 94.9 Å². The largest absolute Gasteiger partial charge is 0.276 e. The van der Waals surface area contributed by atoms with E-state index < -0.39 is 15.3 Å². The third-order valence-corrected chi connectivity index (χ3v) is 3.90. The van der Waals surface area contributed by atoms with Crippen LogP contribution in [0.4, 0.5) is 0 Å². The zero-order valence-electron chi connectivity index (χ0n) is 8.52. The average Bonchev–Trinajstić information content (AvgIpc) is 2.14. The Hall–Kier alpha value is -0.390. The molecule has 0 amide bonds. The van der Waals surface area contributed by atoms with E-state index in [9.17, 15) is 13.2 Å². The Bertz CT molecular complexity index is 356. The minimum Gasteiger partial charge on any atom is -0.276 e. The molecule has 1 saturated heterocycles. The molecule has 0 aromatic rings. The highest BCUT2D eigenvalue weighted by Crippen LogP contribution is 2.20. The normalized spacial score (nSPS) is 20.9. The molecule has 1 aliphatic rings. The van der Waals surface area contributed by atoms with Gasteiger partial charge in [0.2, 0.25) is 15.3 Å². The quantitative estimate of drug-likeness (QED) is 0.555. The van der Waals surface area contributed by atoms with Crippen molar-refractivity contribution in [2.24, 2.45) is 5.92 Å². The van der Waals surface area contributed by atoms with Crippen LogP contribution in [0.5, 0.6) is 0 Å². The van der Waals surface area contributed by atoms with Crippen molar-refractivity contribution in [1.82, 2.24) is 4.31 Å². The summed E-state index contributed by atoms with van der Waals surface area (Å²) in [5.41, 5.74) is 0. The standard InChI is InChI=1S/C9H14ClNO3S/c1-15(13,14)11-6-4-8(5-7-11)2-3-9(10)12/h2-3,8H,4-7H2,1H3. The minimum atomic E-state index is -3.06. The van der Waals surface area contributed by atoms with Crippen LogP contribution in [0.1, 0.15) is 12.8 Å². The molecule has 0 bridgehead atoms. The first-order valence-electron chi connectivity index (χ1n) is 4.72. The Morgan fingerprint density at radius 3 is 2.33 bits per heavy atom. The minimum absolute atomic E-state index is 0.255. The van der Waals surface area contributed by atoms with Crippen LogP contribution in [0.3, 0.4) is 0 Å². The lowest BCUT2D eigenvalue weighted by Gasteiger charge is -2.28. The van der Waals surface area contributed by atoms with Crippen molar-refractivity contribution >= 4 is 26.9 Å². The summed E-state index contributed by atoms with van der Waals surface area (Å²) in [7, 11) is -3.06. The van der Waals surface area contributed by atoms with E-state index >= 15 is 0 Å². The van der Waals surface area contributed by atoms with Gasteiger partial charge in [0.15, 0.2) is 0 Å². The van der Waals surface area contributed by atoms with Gasteiger partial charge in [0.25, 0.3) is 0 Å². The molecule has 4 nitrogen and oxygen atoms in total. The third-order valence-electron chi connectivity index (χ3n) is 2.47. The molecule has 1 fully saturated rings. The molecule has 0 aromatic carbocycles. The number of halogens is 1. The Balaban J connectivity index is 2.46. The van der Waals surface area contributed by atoms with E-state index in [4.69, 9.17) is 11.6 Å². The van der Waals surface area contributed by atoms with Crippen molar-refractivity contribution in [3.8, 4) is 0 Å². The van der Waals surface area contributed by atoms with Gasteiger partial charge in [-0.25, -0.2) is 12.7 Å². The smallest absolute Gasteiger partial charge is 0.244 e. The fraction of sp³-hybridized carbons (Fsp3) is 0.667. The molecule has 0 radical (unpaired) electrons. The van der Waals surface area contributed by atoms with Gasteiger partial charge in [-0.3, -0.25) is 4.79 Å². The van der Waals surface area contributed by atoms with Crippen molar-refractivity contribution < 1.29 is 13.2 Å². The summed E-state index contributed by atoms with van der Waals surface area (Å²) >= 11 is 5.17. The van der Waals surface area contributed by atoms with E-state index in [1.807, 2.05) is 0 Å². The maximum atomic E-state index is 11.2. The summed E-state index contributed by atoms with van der Waals surface area (Å²) in [5.74, 6) is 0.255. The number of hydrogen-bond donors (Lipinski definition) is 0. The molecule has 0 N–H and O–H groups in total. The van der Waals surface area contributed by atoms with Crippen LogP contribution in [-0.4, -0.2) is 37.3 Å².